The molecule has 0 spiro atoms. The third kappa shape index (κ3) is 4.82. The van der Waals surface area contributed by atoms with Crippen LogP contribution in [0, 0.1) is 13.8 Å². The number of nitrogens with zero attached hydrogens (tertiary/aromatic N) is 1. The van der Waals surface area contributed by atoms with Gasteiger partial charge in [0.1, 0.15) is 11.4 Å². The third-order valence-corrected chi connectivity index (χ3v) is 5.42. The van der Waals surface area contributed by atoms with Crippen LogP contribution in [-0.2, 0) is 16.4 Å². The number of aryl methyl sites for hydroxylation is 2. The standard InChI is InChI=1S/C20H22N4O4S/c1-12-9-13(2)19(25)16(10-12)17-11-18(24-23-17)20(26)22-8-7-14-3-5-15(6-4-14)29(21,27)28/h3-6,9-11,25H,7-8H2,1-2H3,(H,22,26)(H,23,24)(H2,21,27,28). The Morgan fingerprint density at radius 1 is 1.17 bits per heavy atom. The average Bonchev–Trinajstić information content (AvgIpc) is 3.14. The first-order chi connectivity index (χ1) is 13.6. The zero-order chi connectivity index (χ0) is 21.2. The summed E-state index contributed by atoms with van der Waals surface area (Å²) in [5, 5.41) is 24.9. The monoisotopic (exact) mass is 414 g/mol. The first kappa shape index (κ1) is 20.6. The van der Waals surface area contributed by atoms with E-state index >= 15 is 0 Å². The summed E-state index contributed by atoms with van der Waals surface area (Å²) in [6.45, 7) is 4.09. The maximum absolute atomic E-state index is 12.3. The number of amides is 1. The second kappa shape index (κ2) is 8.06. The molecule has 2 aromatic carbocycles. The molecule has 0 saturated heterocycles. The van der Waals surface area contributed by atoms with Crippen molar-refractivity contribution in [3.05, 3.63) is 64.8 Å². The molecule has 0 atom stereocenters. The molecule has 152 valence electrons. The molecule has 0 aliphatic rings. The SMILES string of the molecule is Cc1cc(C)c(O)c(-c2cc(C(=O)NCCc3ccc(S(N)(=O)=O)cc3)[nH]n2)c1. The fourth-order valence-electron chi connectivity index (χ4n) is 2.99. The van der Waals surface area contributed by atoms with E-state index in [9.17, 15) is 18.3 Å². The van der Waals surface area contributed by atoms with E-state index in [2.05, 4.69) is 15.5 Å². The number of nitrogens with two attached hydrogens (primary N) is 1. The Kier molecular flexibility index (Phi) is 5.71. The van der Waals surface area contributed by atoms with Gasteiger partial charge in [0.05, 0.1) is 10.6 Å². The molecule has 1 amide bonds. The predicted molar refractivity (Wildman–Crippen MR) is 109 cm³/mol. The van der Waals surface area contributed by atoms with Crippen LogP contribution < -0.4 is 10.5 Å². The summed E-state index contributed by atoms with van der Waals surface area (Å²) in [5.41, 5.74) is 3.91. The molecule has 1 aromatic heterocycles. The van der Waals surface area contributed by atoms with Crippen molar-refractivity contribution in [1.82, 2.24) is 15.5 Å². The van der Waals surface area contributed by atoms with E-state index in [1.165, 1.54) is 12.1 Å². The lowest BCUT2D eigenvalue weighted by Gasteiger charge is -2.06. The van der Waals surface area contributed by atoms with Gasteiger partial charge in [0, 0.05) is 12.1 Å². The van der Waals surface area contributed by atoms with Crippen LogP contribution in [-0.4, -0.2) is 36.2 Å². The van der Waals surface area contributed by atoms with Crippen LogP contribution in [0.5, 0.6) is 5.75 Å². The Morgan fingerprint density at radius 2 is 1.86 bits per heavy atom. The summed E-state index contributed by atoms with van der Waals surface area (Å²) in [6, 6.07) is 11.4. The third-order valence-electron chi connectivity index (χ3n) is 4.49. The molecular weight excluding hydrogens is 392 g/mol. The van der Waals surface area contributed by atoms with Gasteiger partial charge in [-0.05, 0) is 61.2 Å². The first-order valence-electron chi connectivity index (χ1n) is 8.91. The fraction of sp³-hybridized carbons (Fsp3) is 0.200. The van der Waals surface area contributed by atoms with Crippen molar-refractivity contribution in [3.63, 3.8) is 0 Å². The zero-order valence-corrected chi connectivity index (χ0v) is 16.9. The maximum Gasteiger partial charge on any atom is 0.269 e. The Bertz CT molecular complexity index is 1150. The van der Waals surface area contributed by atoms with Crippen molar-refractivity contribution < 1.29 is 18.3 Å². The van der Waals surface area contributed by atoms with Crippen molar-refractivity contribution in [2.75, 3.05) is 6.54 Å². The zero-order valence-electron chi connectivity index (χ0n) is 16.1. The lowest BCUT2D eigenvalue weighted by atomic mass is 10.0. The number of sulfonamides is 1. The van der Waals surface area contributed by atoms with Gasteiger partial charge >= 0.3 is 0 Å². The van der Waals surface area contributed by atoms with E-state index in [4.69, 9.17) is 5.14 Å². The number of hydrogen-bond acceptors (Lipinski definition) is 5. The number of hydrogen-bond donors (Lipinski definition) is 4. The van der Waals surface area contributed by atoms with Crippen LogP contribution in [0.25, 0.3) is 11.3 Å². The number of benzene rings is 2. The minimum absolute atomic E-state index is 0.0462. The number of aromatic amines is 1. The van der Waals surface area contributed by atoms with E-state index < -0.39 is 10.0 Å². The lowest BCUT2D eigenvalue weighted by Crippen LogP contribution is -2.26. The number of primary sulfonamides is 1. The van der Waals surface area contributed by atoms with Crippen molar-refractivity contribution in [1.29, 1.82) is 0 Å². The van der Waals surface area contributed by atoms with E-state index in [1.54, 1.807) is 18.2 Å². The minimum atomic E-state index is -3.72. The molecule has 0 unspecified atom stereocenters. The Hall–Kier alpha value is -3.17. The summed E-state index contributed by atoms with van der Waals surface area (Å²) in [6.07, 6.45) is 0.523. The summed E-state index contributed by atoms with van der Waals surface area (Å²) in [7, 11) is -3.72. The lowest BCUT2D eigenvalue weighted by molar-refractivity contribution is 0.0949. The van der Waals surface area contributed by atoms with Gasteiger partial charge in [-0.3, -0.25) is 9.89 Å². The molecule has 1 heterocycles. The van der Waals surface area contributed by atoms with Crippen LogP contribution in [0.2, 0.25) is 0 Å². The molecule has 8 nitrogen and oxygen atoms in total. The van der Waals surface area contributed by atoms with Gasteiger partial charge in [0.15, 0.2) is 0 Å². The summed E-state index contributed by atoms with van der Waals surface area (Å²) < 4.78 is 22.5. The predicted octanol–water partition coefficient (Wildman–Crippen LogP) is 2.02. The van der Waals surface area contributed by atoms with Crippen LogP contribution in [0.4, 0.5) is 0 Å². The Labute approximate surface area is 168 Å². The van der Waals surface area contributed by atoms with Gasteiger partial charge in [-0.25, -0.2) is 13.6 Å². The van der Waals surface area contributed by atoms with E-state index in [1.807, 2.05) is 26.0 Å². The van der Waals surface area contributed by atoms with Gasteiger partial charge < -0.3 is 10.4 Å². The van der Waals surface area contributed by atoms with Crippen molar-refractivity contribution in [3.8, 4) is 17.0 Å². The largest absolute Gasteiger partial charge is 0.507 e. The normalized spacial score (nSPS) is 11.4. The molecule has 0 aliphatic heterocycles. The number of carbonyl (C=O) groups is 1. The van der Waals surface area contributed by atoms with Crippen molar-refractivity contribution >= 4 is 15.9 Å². The highest BCUT2D eigenvalue weighted by molar-refractivity contribution is 7.89. The molecule has 0 radical (unpaired) electrons. The van der Waals surface area contributed by atoms with Gasteiger partial charge in [-0.15, -0.1) is 0 Å². The van der Waals surface area contributed by atoms with E-state index in [0.717, 1.165) is 16.7 Å². The summed E-state index contributed by atoms with van der Waals surface area (Å²) in [5.74, 6) is -0.189. The van der Waals surface area contributed by atoms with Gasteiger partial charge in [-0.1, -0.05) is 18.2 Å². The van der Waals surface area contributed by atoms with Gasteiger partial charge in [-0.2, -0.15) is 5.10 Å². The number of phenols is 1. The second-order valence-corrected chi connectivity index (χ2v) is 8.40. The fourth-order valence-corrected chi connectivity index (χ4v) is 3.51. The van der Waals surface area contributed by atoms with E-state index in [-0.39, 0.29) is 22.2 Å². The molecule has 29 heavy (non-hydrogen) atoms. The smallest absolute Gasteiger partial charge is 0.269 e. The first-order valence-corrected chi connectivity index (χ1v) is 10.5. The number of rotatable bonds is 6. The van der Waals surface area contributed by atoms with E-state index in [0.29, 0.717) is 24.2 Å². The van der Waals surface area contributed by atoms with Crippen LogP contribution in [0.15, 0.2) is 47.4 Å². The molecule has 9 heteroatoms. The van der Waals surface area contributed by atoms with Gasteiger partial charge in [0.2, 0.25) is 10.0 Å². The molecule has 3 aromatic rings. The molecular formula is C20H22N4O4S. The summed E-state index contributed by atoms with van der Waals surface area (Å²) >= 11 is 0. The topological polar surface area (TPSA) is 138 Å². The highest BCUT2D eigenvalue weighted by Crippen LogP contribution is 2.32. The van der Waals surface area contributed by atoms with Crippen molar-refractivity contribution in [2.45, 2.75) is 25.2 Å². The van der Waals surface area contributed by atoms with Crippen LogP contribution in [0.1, 0.15) is 27.2 Å². The molecule has 0 bridgehead atoms. The quantitative estimate of drug-likeness (QED) is 0.489. The molecule has 0 aliphatic carbocycles. The molecule has 0 fully saturated rings. The number of phenolic OH excluding ortho intramolecular Hbond substituents is 1. The summed E-state index contributed by atoms with van der Waals surface area (Å²) in [4.78, 5) is 12.4. The molecule has 0 saturated carbocycles. The minimum Gasteiger partial charge on any atom is -0.507 e. The number of H-pyrrole nitrogens is 1. The number of aromatic hydroxyl groups is 1. The molecule has 5 N–H and O–H groups in total. The van der Waals surface area contributed by atoms with Crippen LogP contribution in [0.3, 0.4) is 0 Å². The van der Waals surface area contributed by atoms with Crippen LogP contribution >= 0.6 is 0 Å². The number of carbonyl (C=O) groups excluding carboxylic acids is 1. The van der Waals surface area contributed by atoms with Crippen molar-refractivity contribution in [2.24, 2.45) is 5.14 Å². The Morgan fingerprint density at radius 3 is 2.52 bits per heavy atom. The number of nitrogens with one attached hydrogen (secondary N) is 2. The molecule has 3 rings (SSSR count). The highest BCUT2D eigenvalue weighted by atomic mass is 32.2. The number of aromatic nitrogens is 2. The second-order valence-electron chi connectivity index (χ2n) is 6.84. The average molecular weight is 414 g/mol. The Balaban J connectivity index is 1.63. The highest BCUT2D eigenvalue weighted by Gasteiger charge is 2.15. The van der Waals surface area contributed by atoms with Gasteiger partial charge in [0.25, 0.3) is 5.91 Å². The maximum atomic E-state index is 12.3.